The zero-order chi connectivity index (χ0) is 14.4. The van der Waals surface area contributed by atoms with Crippen LogP contribution in [0.25, 0.3) is 0 Å². The molecule has 5 heteroatoms. The van der Waals surface area contributed by atoms with E-state index in [0.29, 0.717) is 11.7 Å². The van der Waals surface area contributed by atoms with Gasteiger partial charge in [0.05, 0.1) is 30.6 Å². The van der Waals surface area contributed by atoms with Gasteiger partial charge in [0.15, 0.2) is 0 Å². The largest absolute Gasteiger partial charge is 0.467 e. The normalized spacial score (nSPS) is 36.5. The van der Waals surface area contributed by atoms with Crippen molar-refractivity contribution >= 4 is 11.6 Å². The number of ether oxygens (including phenoxy) is 1. The second-order valence-corrected chi connectivity index (χ2v) is 7.11. The van der Waals surface area contributed by atoms with Gasteiger partial charge in [-0.25, -0.2) is 9.97 Å². The van der Waals surface area contributed by atoms with E-state index >= 15 is 0 Å². The predicted octanol–water partition coefficient (Wildman–Crippen LogP) is 2.64. The summed E-state index contributed by atoms with van der Waals surface area (Å²) in [6, 6.07) is 0.322. The number of nitrogens with one attached hydrogen (secondary N) is 1. The molecule has 1 aromatic heterocycles. The van der Waals surface area contributed by atoms with Crippen LogP contribution in [0, 0.1) is 23.2 Å². The van der Waals surface area contributed by atoms with Crippen molar-refractivity contribution in [3.63, 3.8) is 0 Å². The molecule has 5 nitrogen and oxygen atoms in total. The van der Waals surface area contributed by atoms with E-state index in [9.17, 15) is 4.79 Å². The Hall–Kier alpha value is -1.65. The van der Waals surface area contributed by atoms with Crippen LogP contribution in [0.5, 0.6) is 6.01 Å². The second kappa shape index (κ2) is 4.68. The van der Waals surface area contributed by atoms with Crippen LogP contribution in [0.4, 0.5) is 5.69 Å². The molecular weight excluding hydrogens is 266 g/mol. The summed E-state index contributed by atoms with van der Waals surface area (Å²) < 4.78 is 4.94. The van der Waals surface area contributed by atoms with Gasteiger partial charge < -0.3 is 10.1 Å². The van der Waals surface area contributed by atoms with Crippen molar-refractivity contribution in [3.8, 4) is 6.01 Å². The molecule has 5 rings (SSSR count). The molecule has 4 saturated carbocycles. The van der Waals surface area contributed by atoms with Crippen LogP contribution in [0.2, 0.25) is 0 Å². The second-order valence-electron chi connectivity index (χ2n) is 7.11. The van der Waals surface area contributed by atoms with E-state index in [1.807, 2.05) is 0 Å². The molecule has 0 unspecified atom stereocenters. The molecule has 21 heavy (non-hydrogen) atoms. The Labute approximate surface area is 124 Å². The zero-order valence-corrected chi connectivity index (χ0v) is 12.3. The van der Waals surface area contributed by atoms with Crippen LogP contribution in [0.15, 0.2) is 12.4 Å². The van der Waals surface area contributed by atoms with Crippen LogP contribution in [-0.2, 0) is 4.79 Å². The first kappa shape index (κ1) is 13.0. The third-order valence-corrected chi connectivity index (χ3v) is 5.59. The monoisotopic (exact) mass is 287 g/mol. The number of aromatic nitrogens is 2. The van der Waals surface area contributed by atoms with Crippen LogP contribution in [0.3, 0.4) is 0 Å². The maximum Gasteiger partial charge on any atom is 0.316 e. The molecule has 0 aliphatic heterocycles. The number of carbonyl (C=O) groups excluding carboxylic acids is 1. The molecule has 1 N–H and O–H groups in total. The van der Waals surface area contributed by atoms with E-state index in [0.717, 1.165) is 37.0 Å². The van der Waals surface area contributed by atoms with Crippen molar-refractivity contribution in [3.05, 3.63) is 12.4 Å². The van der Waals surface area contributed by atoms with Crippen molar-refractivity contribution < 1.29 is 9.53 Å². The van der Waals surface area contributed by atoms with Gasteiger partial charge in [-0.2, -0.15) is 0 Å². The summed E-state index contributed by atoms with van der Waals surface area (Å²) in [6.07, 6.45) is 10.5. The first-order valence-corrected chi connectivity index (χ1v) is 7.84. The summed E-state index contributed by atoms with van der Waals surface area (Å²) in [5, 5.41) is 3.03. The molecule has 4 bridgehead atoms. The summed E-state index contributed by atoms with van der Waals surface area (Å²) in [5.74, 6) is 2.49. The lowest BCUT2D eigenvalue weighted by molar-refractivity contribution is -0.140. The maximum atomic E-state index is 12.8. The molecule has 0 radical (unpaired) electrons. The van der Waals surface area contributed by atoms with Crippen LogP contribution >= 0.6 is 0 Å². The lowest BCUT2D eigenvalue weighted by atomic mass is 9.49. The lowest BCUT2D eigenvalue weighted by Gasteiger charge is -2.55. The summed E-state index contributed by atoms with van der Waals surface area (Å²) in [5.41, 5.74) is 0.533. The molecule has 0 aromatic carbocycles. The van der Waals surface area contributed by atoms with E-state index < -0.39 is 0 Å². The molecule has 0 atom stereocenters. The van der Waals surface area contributed by atoms with Crippen LogP contribution in [0.1, 0.15) is 38.5 Å². The number of anilines is 1. The summed E-state index contributed by atoms with van der Waals surface area (Å²) in [7, 11) is 1.53. The van der Waals surface area contributed by atoms with Gasteiger partial charge in [0, 0.05) is 0 Å². The minimum atomic E-state index is -0.130. The highest BCUT2D eigenvalue weighted by atomic mass is 16.5. The van der Waals surface area contributed by atoms with E-state index in [2.05, 4.69) is 15.3 Å². The average Bonchev–Trinajstić information content (AvgIpc) is 2.46. The highest BCUT2D eigenvalue weighted by Gasteiger charge is 2.54. The van der Waals surface area contributed by atoms with Crippen molar-refractivity contribution in [1.82, 2.24) is 9.97 Å². The van der Waals surface area contributed by atoms with Crippen molar-refractivity contribution in [2.45, 2.75) is 38.5 Å². The first-order chi connectivity index (χ1) is 10.2. The summed E-state index contributed by atoms with van der Waals surface area (Å²) >= 11 is 0. The van der Waals surface area contributed by atoms with Gasteiger partial charge in [0.25, 0.3) is 0 Å². The number of hydrogen-bond acceptors (Lipinski definition) is 4. The molecule has 0 spiro atoms. The minimum absolute atomic E-state index is 0.130. The Balaban J connectivity index is 1.51. The highest BCUT2D eigenvalue weighted by molar-refractivity contribution is 5.95. The molecule has 0 saturated heterocycles. The molecule has 4 aliphatic rings. The smallest absolute Gasteiger partial charge is 0.316 e. The quantitative estimate of drug-likeness (QED) is 0.928. The van der Waals surface area contributed by atoms with Gasteiger partial charge in [-0.1, -0.05) is 0 Å². The molecule has 4 aliphatic carbocycles. The third-order valence-electron chi connectivity index (χ3n) is 5.59. The lowest BCUT2D eigenvalue weighted by Crippen LogP contribution is -2.51. The fourth-order valence-electron chi connectivity index (χ4n) is 5.14. The van der Waals surface area contributed by atoms with Gasteiger partial charge in [0.2, 0.25) is 5.91 Å². The Morgan fingerprint density at radius 3 is 2.14 bits per heavy atom. The van der Waals surface area contributed by atoms with E-state index in [-0.39, 0.29) is 11.3 Å². The number of hydrogen-bond donors (Lipinski definition) is 1. The highest BCUT2D eigenvalue weighted by Crippen LogP contribution is 2.60. The number of methoxy groups -OCH3 is 1. The predicted molar refractivity (Wildman–Crippen MR) is 77.8 cm³/mol. The Morgan fingerprint density at radius 2 is 1.67 bits per heavy atom. The Morgan fingerprint density at radius 1 is 1.14 bits per heavy atom. The molecule has 1 amide bonds. The molecular formula is C16H21N3O2. The number of amides is 1. The molecule has 1 heterocycles. The Kier molecular flexibility index (Phi) is 2.91. The Bertz CT molecular complexity index is 520. The van der Waals surface area contributed by atoms with Crippen molar-refractivity contribution in [2.75, 3.05) is 12.4 Å². The number of rotatable bonds is 3. The third kappa shape index (κ3) is 2.19. The minimum Gasteiger partial charge on any atom is -0.467 e. The fourth-order valence-corrected chi connectivity index (χ4v) is 5.14. The van der Waals surface area contributed by atoms with Gasteiger partial charge in [0.1, 0.15) is 0 Å². The van der Waals surface area contributed by atoms with E-state index in [1.54, 1.807) is 12.4 Å². The van der Waals surface area contributed by atoms with Crippen LogP contribution in [-0.4, -0.2) is 23.0 Å². The van der Waals surface area contributed by atoms with Gasteiger partial charge >= 0.3 is 6.01 Å². The molecule has 4 fully saturated rings. The van der Waals surface area contributed by atoms with Gasteiger partial charge in [-0.3, -0.25) is 4.79 Å². The summed E-state index contributed by atoms with van der Waals surface area (Å²) in [6.45, 7) is 0. The van der Waals surface area contributed by atoms with Crippen molar-refractivity contribution in [1.29, 1.82) is 0 Å². The SMILES string of the molecule is COc1ncc(NC(=O)C23CC4CC(CC(C4)C2)C3)cn1. The summed E-state index contributed by atoms with van der Waals surface area (Å²) in [4.78, 5) is 20.9. The standard InChI is InChI=1S/C16H21N3O2/c1-21-15-17-8-13(9-18-15)19-14(20)16-5-10-2-11(6-16)4-12(3-10)7-16/h8-12H,2-7H2,1H3,(H,19,20). The maximum absolute atomic E-state index is 12.8. The molecule has 112 valence electrons. The van der Waals surface area contributed by atoms with E-state index in [1.165, 1.54) is 26.4 Å². The van der Waals surface area contributed by atoms with E-state index in [4.69, 9.17) is 4.74 Å². The van der Waals surface area contributed by atoms with Crippen LogP contribution < -0.4 is 10.1 Å². The number of carbonyl (C=O) groups is 1. The van der Waals surface area contributed by atoms with Gasteiger partial charge in [-0.05, 0) is 56.3 Å². The topological polar surface area (TPSA) is 64.1 Å². The average molecular weight is 287 g/mol. The number of nitrogens with zero attached hydrogens (tertiary/aromatic N) is 2. The first-order valence-electron chi connectivity index (χ1n) is 7.84. The van der Waals surface area contributed by atoms with Gasteiger partial charge in [-0.15, -0.1) is 0 Å². The zero-order valence-electron chi connectivity index (χ0n) is 12.3. The molecule has 1 aromatic rings. The fraction of sp³-hybridized carbons (Fsp3) is 0.688. The van der Waals surface area contributed by atoms with Crippen molar-refractivity contribution in [2.24, 2.45) is 23.2 Å².